The van der Waals surface area contributed by atoms with Gasteiger partial charge in [-0.05, 0) is 24.3 Å². The highest BCUT2D eigenvalue weighted by Gasteiger charge is 2.12. The number of nitrogens with two attached hydrogens (primary N) is 1. The van der Waals surface area contributed by atoms with E-state index in [0.717, 1.165) is 0 Å². The van der Waals surface area contributed by atoms with E-state index in [9.17, 15) is 8.42 Å². The number of anilines is 1. The summed E-state index contributed by atoms with van der Waals surface area (Å²) in [5, 5.41) is 7.36. The number of nitrogen functional groups attached to an aromatic ring is 1. The molecule has 0 radical (unpaired) electrons. The molecule has 2 aromatic rings. The van der Waals surface area contributed by atoms with E-state index in [1.165, 1.54) is 18.3 Å². The van der Waals surface area contributed by atoms with Gasteiger partial charge in [0.1, 0.15) is 0 Å². The number of hydrogen-bond donors (Lipinski definition) is 2. The van der Waals surface area contributed by atoms with Gasteiger partial charge in [-0.3, -0.25) is 4.68 Å². The molecule has 0 aliphatic carbocycles. The first-order valence-electron chi connectivity index (χ1n) is 5.27. The second-order valence-electron chi connectivity index (χ2n) is 3.63. The topological polar surface area (TPSA) is 103 Å². The molecule has 1 aromatic heterocycles. The van der Waals surface area contributed by atoms with Gasteiger partial charge in [0.2, 0.25) is 10.0 Å². The third kappa shape index (κ3) is 3.05. The summed E-state index contributed by atoms with van der Waals surface area (Å²) in [5.74, 6) is 0. The Kier molecular flexibility index (Phi) is 3.58. The summed E-state index contributed by atoms with van der Waals surface area (Å²) in [6.45, 7) is 0.671. The molecule has 7 nitrogen and oxygen atoms in total. The van der Waals surface area contributed by atoms with Crippen LogP contribution in [0.5, 0.6) is 0 Å². The van der Waals surface area contributed by atoms with Crippen LogP contribution in [0.15, 0.2) is 41.6 Å². The van der Waals surface area contributed by atoms with Crippen LogP contribution in [-0.2, 0) is 16.6 Å². The van der Waals surface area contributed by atoms with Gasteiger partial charge in [0.25, 0.3) is 0 Å². The van der Waals surface area contributed by atoms with Crippen molar-refractivity contribution in [3.05, 3.63) is 36.7 Å². The van der Waals surface area contributed by atoms with Crippen LogP contribution in [0, 0.1) is 0 Å². The van der Waals surface area contributed by atoms with Crippen LogP contribution in [0.4, 0.5) is 5.69 Å². The fourth-order valence-electron chi connectivity index (χ4n) is 1.38. The average molecular weight is 267 g/mol. The smallest absolute Gasteiger partial charge is 0.240 e. The minimum absolute atomic E-state index is 0.190. The van der Waals surface area contributed by atoms with E-state index in [1.54, 1.807) is 23.0 Å². The Labute approximate surface area is 105 Å². The molecule has 0 aliphatic heterocycles. The SMILES string of the molecule is Nc1ccc(S(=O)(=O)NCCn2ccnn2)cc1. The van der Waals surface area contributed by atoms with E-state index in [-0.39, 0.29) is 11.4 Å². The lowest BCUT2D eigenvalue weighted by Crippen LogP contribution is -2.27. The first kappa shape index (κ1) is 12.5. The summed E-state index contributed by atoms with van der Waals surface area (Å²) >= 11 is 0. The number of rotatable bonds is 5. The van der Waals surface area contributed by atoms with Crippen molar-refractivity contribution in [2.24, 2.45) is 0 Å². The molecule has 1 aromatic carbocycles. The number of hydrogen-bond acceptors (Lipinski definition) is 5. The number of aromatic nitrogens is 3. The predicted octanol–water partition coefficient (Wildman–Crippen LogP) is -0.161. The largest absolute Gasteiger partial charge is 0.399 e. The Bertz CT molecular complexity index is 592. The van der Waals surface area contributed by atoms with Crippen molar-refractivity contribution in [1.82, 2.24) is 19.7 Å². The van der Waals surface area contributed by atoms with Crippen molar-refractivity contribution < 1.29 is 8.42 Å². The molecule has 2 rings (SSSR count). The van der Waals surface area contributed by atoms with E-state index in [1.807, 2.05) is 0 Å². The Morgan fingerprint density at radius 1 is 1.28 bits per heavy atom. The number of sulfonamides is 1. The Hall–Kier alpha value is -1.93. The Morgan fingerprint density at radius 2 is 2.00 bits per heavy atom. The highest BCUT2D eigenvalue weighted by atomic mass is 32.2. The van der Waals surface area contributed by atoms with Crippen LogP contribution < -0.4 is 10.5 Å². The summed E-state index contributed by atoms with van der Waals surface area (Å²) in [4.78, 5) is 0.190. The van der Waals surface area contributed by atoms with Crippen molar-refractivity contribution in [3.63, 3.8) is 0 Å². The zero-order valence-electron chi connectivity index (χ0n) is 9.52. The van der Waals surface area contributed by atoms with Crippen molar-refractivity contribution in [2.45, 2.75) is 11.4 Å². The van der Waals surface area contributed by atoms with Gasteiger partial charge in [0, 0.05) is 18.4 Å². The lowest BCUT2D eigenvalue weighted by atomic mass is 10.3. The second-order valence-corrected chi connectivity index (χ2v) is 5.40. The molecule has 0 atom stereocenters. The van der Waals surface area contributed by atoms with Crippen molar-refractivity contribution in [2.75, 3.05) is 12.3 Å². The average Bonchev–Trinajstić information content (AvgIpc) is 2.82. The second kappa shape index (κ2) is 5.15. The van der Waals surface area contributed by atoms with Gasteiger partial charge in [-0.15, -0.1) is 5.10 Å². The van der Waals surface area contributed by atoms with Gasteiger partial charge in [-0.1, -0.05) is 5.21 Å². The molecule has 18 heavy (non-hydrogen) atoms. The van der Waals surface area contributed by atoms with Crippen molar-refractivity contribution in [3.8, 4) is 0 Å². The van der Waals surface area contributed by atoms with E-state index in [2.05, 4.69) is 15.0 Å². The molecule has 0 unspecified atom stereocenters. The van der Waals surface area contributed by atoms with Crippen molar-refractivity contribution in [1.29, 1.82) is 0 Å². The van der Waals surface area contributed by atoms with Crippen LogP contribution >= 0.6 is 0 Å². The first-order chi connectivity index (χ1) is 8.58. The molecule has 0 aliphatic rings. The zero-order valence-corrected chi connectivity index (χ0v) is 10.3. The molecular formula is C10H13N5O2S. The highest BCUT2D eigenvalue weighted by Crippen LogP contribution is 2.10. The van der Waals surface area contributed by atoms with E-state index in [0.29, 0.717) is 12.2 Å². The number of nitrogens with one attached hydrogen (secondary N) is 1. The van der Waals surface area contributed by atoms with Gasteiger partial charge < -0.3 is 5.73 Å². The Balaban J connectivity index is 1.97. The number of benzene rings is 1. The fourth-order valence-corrected chi connectivity index (χ4v) is 2.40. The van der Waals surface area contributed by atoms with E-state index < -0.39 is 10.0 Å². The quantitative estimate of drug-likeness (QED) is 0.733. The van der Waals surface area contributed by atoms with Crippen molar-refractivity contribution >= 4 is 15.7 Å². The minimum Gasteiger partial charge on any atom is -0.399 e. The molecule has 8 heteroatoms. The highest BCUT2D eigenvalue weighted by molar-refractivity contribution is 7.89. The molecule has 0 amide bonds. The predicted molar refractivity (Wildman–Crippen MR) is 66.1 cm³/mol. The summed E-state index contributed by atoms with van der Waals surface area (Å²) < 4.78 is 27.8. The zero-order chi connectivity index (χ0) is 13.0. The lowest BCUT2D eigenvalue weighted by molar-refractivity contribution is 0.553. The fraction of sp³-hybridized carbons (Fsp3) is 0.200. The van der Waals surface area contributed by atoms with Gasteiger partial charge in [0.05, 0.1) is 17.6 Å². The first-order valence-corrected chi connectivity index (χ1v) is 6.75. The van der Waals surface area contributed by atoms with E-state index in [4.69, 9.17) is 5.73 Å². The lowest BCUT2D eigenvalue weighted by Gasteiger charge is -2.06. The maximum atomic E-state index is 11.9. The van der Waals surface area contributed by atoms with Crippen LogP contribution in [0.1, 0.15) is 0 Å². The monoisotopic (exact) mass is 267 g/mol. The summed E-state index contributed by atoms with van der Waals surface area (Å²) in [6, 6.07) is 6.03. The minimum atomic E-state index is -3.50. The Morgan fingerprint density at radius 3 is 2.61 bits per heavy atom. The third-order valence-corrected chi connectivity index (χ3v) is 3.77. The maximum Gasteiger partial charge on any atom is 0.240 e. The summed E-state index contributed by atoms with van der Waals surface area (Å²) in [6.07, 6.45) is 3.20. The molecule has 1 heterocycles. The molecule has 0 spiro atoms. The van der Waals surface area contributed by atoms with Crippen LogP contribution in [0.25, 0.3) is 0 Å². The van der Waals surface area contributed by atoms with Crippen LogP contribution in [0.2, 0.25) is 0 Å². The van der Waals surface area contributed by atoms with Gasteiger partial charge in [-0.25, -0.2) is 13.1 Å². The van der Waals surface area contributed by atoms with Crippen LogP contribution in [-0.4, -0.2) is 30.0 Å². The molecule has 96 valence electrons. The molecule has 0 saturated carbocycles. The van der Waals surface area contributed by atoms with Gasteiger partial charge in [-0.2, -0.15) is 0 Å². The summed E-state index contributed by atoms with van der Waals surface area (Å²) in [5.41, 5.74) is 6.03. The molecule has 0 bridgehead atoms. The number of nitrogens with zero attached hydrogens (tertiary/aromatic N) is 3. The summed E-state index contributed by atoms with van der Waals surface area (Å²) in [7, 11) is -3.50. The van der Waals surface area contributed by atoms with Gasteiger partial charge >= 0.3 is 0 Å². The molecule has 0 fully saturated rings. The normalized spacial score (nSPS) is 11.6. The molecule has 3 N–H and O–H groups in total. The molecular weight excluding hydrogens is 254 g/mol. The maximum absolute atomic E-state index is 11.9. The molecule has 0 saturated heterocycles. The van der Waals surface area contributed by atoms with Crippen LogP contribution in [0.3, 0.4) is 0 Å². The van der Waals surface area contributed by atoms with E-state index >= 15 is 0 Å². The third-order valence-electron chi connectivity index (χ3n) is 2.30. The van der Waals surface area contributed by atoms with Gasteiger partial charge in [0.15, 0.2) is 0 Å². The standard InChI is InChI=1S/C10H13N5O2S/c11-9-1-3-10(4-2-9)18(16,17)13-6-8-15-7-5-12-14-15/h1-5,7,13H,6,8,11H2.